The van der Waals surface area contributed by atoms with Gasteiger partial charge in [-0.25, -0.2) is 9.78 Å². The summed E-state index contributed by atoms with van der Waals surface area (Å²) in [5.41, 5.74) is -0.704. The fourth-order valence-corrected chi connectivity index (χ4v) is 1.33. The molecule has 92 valence electrons. The van der Waals surface area contributed by atoms with E-state index in [1.165, 1.54) is 13.1 Å². The zero-order chi connectivity index (χ0) is 13.0. The maximum atomic E-state index is 11.9. The van der Waals surface area contributed by atoms with Gasteiger partial charge in [0.1, 0.15) is 17.2 Å². The molecule has 6 heteroatoms. The molecule has 0 fully saturated rings. The number of Topliss-reactive ketones (excluding diaryl/α,β-unsaturated/α-hetero) is 1. The summed E-state index contributed by atoms with van der Waals surface area (Å²) in [5.74, 6) is -0.515. The van der Waals surface area contributed by atoms with Gasteiger partial charge in [-0.05, 0) is 20.8 Å². The van der Waals surface area contributed by atoms with E-state index >= 15 is 0 Å². The van der Waals surface area contributed by atoms with Crippen molar-refractivity contribution < 1.29 is 14.3 Å². The van der Waals surface area contributed by atoms with Crippen LogP contribution in [0.1, 0.15) is 30.0 Å². The van der Waals surface area contributed by atoms with Crippen molar-refractivity contribution in [2.75, 3.05) is 6.61 Å². The number of ketones is 1. The molecular formula is C11H14N2O4. The molecule has 0 aromatic carbocycles. The molecule has 1 heterocycles. The van der Waals surface area contributed by atoms with Crippen LogP contribution in [0, 0.1) is 6.92 Å². The van der Waals surface area contributed by atoms with Crippen LogP contribution in [0.25, 0.3) is 0 Å². The summed E-state index contributed by atoms with van der Waals surface area (Å²) >= 11 is 0. The molecule has 0 aliphatic rings. The largest absolute Gasteiger partial charge is 0.462 e. The number of rotatable bonds is 4. The predicted octanol–water partition coefficient (Wildman–Crippen LogP) is 0.317. The van der Waals surface area contributed by atoms with Crippen LogP contribution in [0.3, 0.4) is 0 Å². The van der Waals surface area contributed by atoms with Gasteiger partial charge in [0.15, 0.2) is 0 Å². The standard InChI is InChI=1S/C11H14N2O4/c1-4-17-11(16)9-5-12-8(3)13(10(9)15)6-7(2)14/h5H,4,6H2,1-3H3. The van der Waals surface area contributed by atoms with Gasteiger partial charge in [0.05, 0.1) is 13.2 Å². The summed E-state index contributed by atoms with van der Waals surface area (Å²) in [7, 11) is 0. The molecule has 0 amide bonds. The highest BCUT2D eigenvalue weighted by atomic mass is 16.5. The van der Waals surface area contributed by atoms with Crippen molar-refractivity contribution >= 4 is 11.8 Å². The van der Waals surface area contributed by atoms with Crippen molar-refractivity contribution in [1.82, 2.24) is 9.55 Å². The summed E-state index contributed by atoms with van der Waals surface area (Å²) < 4.78 is 5.89. The lowest BCUT2D eigenvalue weighted by atomic mass is 10.3. The summed E-state index contributed by atoms with van der Waals surface area (Å²) in [4.78, 5) is 38.3. The summed E-state index contributed by atoms with van der Waals surface area (Å²) in [6.45, 7) is 4.69. The highest BCUT2D eigenvalue weighted by Crippen LogP contribution is 1.97. The van der Waals surface area contributed by atoms with Crippen LogP contribution in [0.4, 0.5) is 0 Å². The quantitative estimate of drug-likeness (QED) is 0.706. The third kappa shape index (κ3) is 2.99. The Bertz CT molecular complexity index is 505. The predicted molar refractivity (Wildman–Crippen MR) is 59.9 cm³/mol. The van der Waals surface area contributed by atoms with Gasteiger partial charge >= 0.3 is 5.97 Å². The first-order valence-corrected chi connectivity index (χ1v) is 5.20. The summed E-state index contributed by atoms with van der Waals surface area (Å²) in [5, 5.41) is 0. The van der Waals surface area contributed by atoms with E-state index in [4.69, 9.17) is 4.74 Å². The zero-order valence-electron chi connectivity index (χ0n) is 10.0. The summed E-state index contributed by atoms with van der Waals surface area (Å²) in [6.07, 6.45) is 1.17. The Morgan fingerprint density at radius 3 is 2.65 bits per heavy atom. The molecule has 6 nitrogen and oxygen atoms in total. The van der Waals surface area contributed by atoms with Gasteiger partial charge in [-0.1, -0.05) is 0 Å². The minimum Gasteiger partial charge on any atom is -0.462 e. The number of ether oxygens (including phenoxy) is 1. The van der Waals surface area contributed by atoms with Crippen LogP contribution in [0.5, 0.6) is 0 Å². The van der Waals surface area contributed by atoms with Crippen molar-refractivity contribution in [3.63, 3.8) is 0 Å². The molecule has 1 rings (SSSR count). The maximum absolute atomic E-state index is 11.9. The second-order valence-electron chi connectivity index (χ2n) is 3.53. The Kier molecular flexibility index (Phi) is 4.14. The van der Waals surface area contributed by atoms with Crippen molar-refractivity contribution in [3.8, 4) is 0 Å². The Labute approximate surface area is 98.2 Å². The molecule has 1 aromatic rings. The van der Waals surface area contributed by atoms with E-state index in [1.54, 1.807) is 13.8 Å². The Hall–Kier alpha value is -1.98. The fourth-order valence-electron chi connectivity index (χ4n) is 1.33. The second-order valence-corrected chi connectivity index (χ2v) is 3.53. The highest BCUT2D eigenvalue weighted by molar-refractivity contribution is 5.88. The average molecular weight is 238 g/mol. The first kappa shape index (κ1) is 13.1. The van der Waals surface area contributed by atoms with Gasteiger partial charge in [-0.2, -0.15) is 0 Å². The molecule has 1 aromatic heterocycles. The normalized spacial score (nSPS) is 10.1. The first-order chi connectivity index (χ1) is 7.97. The average Bonchev–Trinajstić information content (AvgIpc) is 2.24. The molecule has 0 N–H and O–H groups in total. The van der Waals surface area contributed by atoms with Crippen LogP contribution >= 0.6 is 0 Å². The SMILES string of the molecule is CCOC(=O)c1cnc(C)n(CC(C)=O)c1=O. The third-order valence-electron chi connectivity index (χ3n) is 2.12. The molecule has 0 bridgehead atoms. The number of esters is 1. The van der Waals surface area contributed by atoms with Crippen LogP contribution in [0.15, 0.2) is 11.0 Å². The van der Waals surface area contributed by atoms with Crippen LogP contribution < -0.4 is 5.56 Å². The topological polar surface area (TPSA) is 78.3 Å². The number of hydrogen-bond acceptors (Lipinski definition) is 5. The van der Waals surface area contributed by atoms with E-state index in [1.807, 2.05) is 0 Å². The maximum Gasteiger partial charge on any atom is 0.345 e. The lowest BCUT2D eigenvalue weighted by Crippen LogP contribution is -2.31. The minimum absolute atomic E-state index is 0.0923. The molecule has 0 saturated heterocycles. The van der Waals surface area contributed by atoms with Crippen LogP contribution in [0.2, 0.25) is 0 Å². The fraction of sp³-hybridized carbons (Fsp3) is 0.455. The Morgan fingerprint density at radius 2 is 2.12 bits per heavy atom. The number of nitrogens with zero attached hydrogens (tertiary/aromatic N) is 2. The molecule has 0 aliphatic carbocycles. The molecule has 0 radical (unpaired) electrons. The van der Waals surface area contributed by atoms with E-state index in [9.17, 15) is 14.4 Å². The van der Waals surface area contributed by atoms with Gasteiger partial charge in [0.25, 0.3) is 5.56 Å². The van der Waals surface area contributed by atoms with Crippen LogP contribution in [-0.2, 0) is 16.1 Å². The third-order valence-corrected chi connectivity index (χ3v) is 2.12. The number of carbonyl (C=O) groups excluding carboxylic acids is 2. The van der Waals surface area contributed by atoms with Gasteiger partial charge in [-0.3, -0.25) is 14.2 Å². The molecule has 17 heavy (non-hydrogen) atoms. The second kappa shape index (κ2) is 5.38. The van der Waals surface area contributed by atoms with Gasteiger partial charge in [0, 0.05) is 6.20 Å². The molecule has 0 spiro atoms. The monoisotopic (exact) mass is 238 g/mol. The van der Waals surface area contributed by atoms with E-state index < -0.39 is 11.5 Å². The van der Waals surface area contributed by atoms with Crippen molar-refractivity contribution in [2.24, 2.45) is 0 Å². The Balaban J connectivity index is 3.23. The van der Waals surface area contributed by atoms with E-state index in [0.29, 0.717) is 5.82 Å². The van der Waals surface area contributed by atoms with Gasteiger partial charge in [0.2, 0.25) is 0 Å². The van der Waals surface area contributed by atoms with E-state index in [-0.39, 0.29) is 24.5 Å². The number of aromatic nitrogens is 2. The number of hydrogen-bond donors (Lipinski definition) is 0. The van der Waals surface area contributed by atoms with Gasteiger partial charge < -0.3 is 4.74 Å². The molecule has 0 aliphatic heterocycles. The number of aryl methyl sites for hydroxylation is 1. The lowest BCUT2D eigenvalue weighted by molar-refractivity contribution is -0.117. The summed E-state index contributed by atoms with van der Waals surface area (Å²) in [6, 6.07) is 0. The minimum atomic E-state index is -0.720. The number of carbonyl (C=O) groups is 2. The van der Waals surface area contributed by atoms with E-state index in [2.05, 4.69) is 4.98 Å². The zero-order valence-corrected chi connectivity index (χ0v) is 10.0. The first-order valence-electron chi connectivity index (χ1n) is 5.20. The molecular weight excluding hydrogens is 224 g/mol. The highest BCUT2D eigenvalue weighted by Gasteiger charge is 2.16. The molecule has 0 atom stereocenters. The van der Waals surface area contributed by atoms with Crippen molar-refractivity contribution in [2.45, 2.75) is 27.3 Å². The molecule has 0 saturated carbocycles. The van der Waals surface area contributed by atoms with Crippen molar-refractivity contribution in [1.29, 1.82) is 0 Å². The van der Waals surface area contributed by atoms with Crippen molar-refractivity contribution in [3.05, 3.63) is 27.9 Å². The smallest absolute Gasteiger partial charge is 0.345 e. The van der Waals surface area contributed by atoms with Crippen LogP contribution in [-0.4, -0.2) is 27.9 Å². The van der Waals surface area contributed by atoms with Gasteiger partial charge in [-0.15, -0.1) is 0 Å². The molecule has 0 unspecified atom stereocenters. The lowest BCUT2D eigenvalue weighted by Gasteiger charge is -2.08. The van der Waals surface area contributed by atoms with E-state index in [0.717, 1.165) is 4.57 Å². The Morgan fingerprint density at radius 1 is 1.47 bits per heavy atom.